The van der Waals surface area contributed by atoms with Gasteiger partial charge in [0.15, 0.2) is 0 Å². The van der Waals surface area contributed by atoms with E-state index in [2.05, 4.69) is 22.9 Å². The molecule has 0 atom stereocenters. The van der Waals surface area contributed by atoms with E-state index in [1.807, 2.05) is 26.0 Å². The van der Waals surface area contributed by atoms with Crippen LogP contribution in [0.2, 0.25) is 0 Å². The summed E-state index contributed by atoms with van der Waals surface area (Å²) in [6.07, 6.45) is 4.56. The van der Waals surface area contributed by atoms with Crippen LogP contribution in [0, 0.1) is 13.8 Å². The van der Waals surface area contributed by atoms with Crippen LogP contribution in [-0.2, 0) is 5.75 Å². The van der Waals surface area contributed by atoms with Crippen LogP contribution < -0.4 is 15.6 Å². The lowest BCUT2D eigenvalue weighted by Gasteiger charge is -2.11. The highest BCUT2D eigenvalue weighted by Gasteiger charge is 2.15. The second kappa shape index (κ2) is 12.8. The van der Waals surface area contributed by atoms with Crippen LogP contribution in [0.5, 0.6) is 5.75 Å². The Bertz CT molecular complexity index is 1080. The molecule has 2 amide bonds. The van der Waals surface area contributed by atoms with Gasteiger partial charge in [0.05, 0.1) is 17.9 Å². The van der Waals surface area contributed by atoms with Crippen molar-refractivity contribution in [1.29, 1.82) is 0 Å². The van der Waals surface area contributed by atoms with Gasteiger partial charge in [0.1, 0.15) is 11.5 Å². The number of aromatic nitrogens is 1. The molecule has 0 unspecified atom stereocenters. The number of carbonyl (C=O) groups excluding carboxylic acids is 2. The summed E-state index contributed by atoms with van der Waals surface area (Å²) >= 11 is 1.52. The van der Waals surface area contributed by atoms with E-state index in [1.165, 1.54) is 24.6 Å². The summed E-state index contributed by atoms with van der Waals surface area (Å²) in [4.78, 5) is 26.0. The first-order valence-corrected chi connectivity index (χ1v) is 12.4. The number of thioether (sulfide) groups is 1. The lowest BCUT2D eigenvalue weighted by atomic mass is 10.2. The number of hydrogen-bond acceptors (Lipinski definition) is 6. The van der Waals surface area contributed by atoms with Crippen LogP contribution in [0.25, 0.3) is 0 Å². The van der Waals surface area contributed by atoms with Gasteiger partial charge in [0.2, 0.25) is 0 Å². The fourth-order valence-electron chi connectivity index (χ4n) is 3.31. The number of aryl methyl sites for hydroxylation is 2. The van der Waals surface area contributed by atoms with Gasteiger partial charge in [0, 0.05) is 21.8 Å². The number of nitrogens with zero attached hydrogens (tertiary/aromatic N) is 1. The molecule has 7 nitrogen and oxygen atoms in total. The molecule has 0 saturated carbocycles. The Kier molecular flexibility index (Phi) is 9.58. The first-order chi connectivity index (χ1) is 16.5. The molecule has 0 aliphatic heterocycles. The highest BCUT2D eigenvalue weighted by atomic mass is 32.2. The molecule has 8 heteroatoms. The van der Waals surface area contributed by atoms with Gasteiger partial charge >= 0.3 is 0 Å². The standard InChI is InChI=1S/C26H31N3O4S/c1-4-5-6-9-16-32-21-14-12-20(13-15-21)25(30)27-28-26(31)22-10-7-8-11-24(22)34-17-23-18(2)29-33-19(23)3/h7-8,10-15H,4-6,9,16-17H2,1-3H3,(H,27,30)(H,28,31). The number of benzene rings is 2. The minimum atomic E-state index is -0.399. The number of rotatable bonds is 11. The number of hydrogen-bond donors (Lipinski definition) is 2. The molecule has 1 heterocycles. The molecule has 34 heavy (non-hydrogen) atoms. The van der Waals surface area contributed by atoms with Crippen molar-refractivity contribution >= 4 is 23.6 Å². The zero-order valence-electron chi connectivity index (χ0n) is 19.8. The highest BCUT2D eigenvalue weighted by Crippen LogP contribution is 2.28. The van der Waals surface area contributed by atoms with E-state index in [-0.39, 0.29) is 5.91 Å². The molecule has 0 spiro atoms. The summed E-state index contributed by atoms with van der Waals surface area (Å²) in [7, 11) is 0. The molecule has 1 aromatic heterocycles. The number of nitrogens with one attached hydrogen (secondary N) is 2. The van der Waals surface area contributed by atoms with E-state index in [1.54, 1.807) is 36.4 Å². The lowest BCUT2D eigenvalue weighted by molar-refractivity contribution is 0.0845. The minimum absolute atomic E-state index is 0.387. The van der Waals surface area contributed by atoms with Crippen molar-refractivity contribution in [3.63, 3.8) is 0 Å². The van der Waals surface area contributed by atoms with E-state index in [4.69, 9.17) is 9.26 Å². The second-order valence-corrected chi connectivity index (χ2v) is 8.95. The van der Waals surface area contributed by atoms with Gasteiger partial charge in [0.25, 0.3) is 11.8 Å². The SMILES string of the molecule is CCCCCCOc1ccc(C(=O)NNC(=O)c2ccccc2SCc2c(C)noc2C)cc1. The number of unbranched alkanes of at least 4 members (excludes halogenated alkanes) is 3. The Labute approximate surface area is 204 Å². The quantitative estimate of drug-likeness (QED) is 0.210. The Morgan fingerprint density at radius 3 is 2.41 bits per heavy atom. The molecule has 2 aromatic carbocycles. The van der Waals surface area contributed by atoms with Gasteiger partial charge < -0.3 is 9.26 Å². The maximum Gasteiger partial charge on any atom is 0.270 e. The average molecular weight is 482 g/mol. The smallest absolute Gasteiger partial charge is 0.270 e. The second-order valence-electron chi connectivity index (χ2n) is 7.93. The van der Waals surface area contributed by atoms with Crippen LogP contribution in [0.3, 0.4) is 0 Å². The molecule has 2 N–H and O–H groups in total. The maximum atomic E-state index is 12.8. The maximum absolute atomic E-state index is 12.8. The van der Waals surface area contributed by atoms with Crippen molar-refractivity contribution < 1.29 is 18.8 Å². The summed E-state index contributed by atoms with van der Waals surface area (Å²) < 4.78 is 10.9. The molecular formula is C26H31N3O4S. The summed E-state index contributed by atoms with van der Waals surface area (Å²) in [5, 5.41) is 3.97. The molecular weight excluding hydrogens is 450 g/mol. The molecule has 0 aliphatic carbocycles. The Morgan fingerprint density at radius 2 is 1.71 bits per heavy atom. The third-order valence-electron chi connectivity index (χ3n) is 5.36. The number of amides is 2. The first-order valence-electron chi connectivity index (χ1n) is 11.5. The van der Waals surface area contributed by atoms with Gasteiger partial charge in [-0.2, -0.15) is 0 Å². The normalized spacial score (nSPS) is 10.7. The van der Waals surface area contributed by atoms with Gasteiger partial charge in [-0.3, -0.25) is 20.4 Å². The molecule has 0 fully saturated rings. The van der Waals surface area contributed by atoms with Gasteiger partial charge in [-0.15, -0.1) is 11.8 Å². The number of ether oxygens (including phenoxy) is 1. The van der Waals surface area contributed by atoms with Gasteiger partial charge in [-0.1, -0.05) is 43.5 Å². The average Bonchev–Trinajstić information content (AvgIpc) is 3.18. The zero-order chi connectivity index (χ0) is 24.3. The monoisotopic (exact) mass is 481 g/mol. The Morgan fingerprint density at radius 1 is 0.971 bits per heavy atom. The van der Waals surface area contributed by atoms with Crippen LogP contribution >= 0.6 is 11.8 Å². The van der Waals surface area contributed by atoms with Gasteiger partial charge in [-0.05, 0) is 56.7 Å². The summed E-state index contributed by atoms with van der Waals surface area (Å²) in [5.74, 6) is 1.34. The third-order valence-corrected chi connectivity index (χ3v) is 6.46. The van der Waals surface area contributed by atoms with E-state index in [9.17, 15) is 9.59 Å². The largest absolute Gasteiger partial charge is 0.494 e. The van der Waals surface area contributed by atoms with Gasteiger partial charge in [-0.25, -0.2) is 0 Å². The van der Waals surface area contributed by atoms with Crippen LogP contribution in [-0.4, -0.2) is 23.6 Å². The fraction of sp³-hybridized carbons (Fsp3) is 0.346. The summed E-state index contributed by atoms with van der Waals surface area (Å²) in [5.41, 5.74) is 7.76. The molecule has 3 aromatic rings. The van der Waals surface area contributed by atoms with Crippen molar-refractivity contribution in [2.45, 2.75) is 57.1 Å². The fourth-order valence-corrected chi connectivity index (χ4v) is 4.52. The predicted octanol–water partition coefficient (Wildman–Crippen LogP) is 5.62. The van der Waals surface area contributed by atoms with Crippen LogP contribution in [0.15, 0.2) is 57.9 Å². The van der Waals surface area contributed by atoms with Crippen molar-refractivity contribution in [1.82, 2.24) is 16.0 Å². The molecule has 3 rings (SSSR count). The zero-order valence-corrected chi connectivity index (χ0v) is 20.7. The topological polar surface area (TPSA) is 93.5 Å². The third kappa shape index (κ3) is 7.12. The molecule has 0 radical (unpaired) electrons. The lowest BCUT2D eigenvalue weighted by Crippen LogP contribution is -2.41. The molecule has 180 valence electrons. The molecule has 0 bridgehead atoms. The Hall–Kier alpha value is -3.26. The van der Waals surface area contributed by atoms with Crippen LogP contribution in [0.1, 0.15) is 70.3 Å². The van der Waals surface area contributed by atoms with E-state index in [0.29, 0.717) is 23.5 Å². The minimum Gasteiger partial charge on any atom is -0.494 e. The van der Waals surface area contributed by atoms with Crippen LogP contribution in [0.4, 0.5) is 0 Å². The van der Waals surface area contributed by atoms with Crippen molar-refractivity contribution in [3.05, 3.63) is 76.7 Å². The van der Waals surface area contributed by atoms with E-state index in [0.717, 1.165) is 40.5 Å². The van der Waals surface area contributed by atoms with Crippen molar-refractivity contribution in [2.24, 2.45) is 0 Å². The summed E-state index contributed by atoms with van der Waals surface area (Å²) in [6, 6.07) is 14.1. The predicted molar refractivity (Wildman–Crippen MR) is 133 cm³/mol. The number of carbonyl (C=O) groups is 2. The first kappa shape index (κ1) is 25.4. The molecule has 0 aliphatic rings. The number of hydrazine groups is 1. The van der Waals surface area contributed by atoms with Crippen molar-refractivity contribution in [3.8, 4) is 5.75 Å². The van der Waals surface area contributed by atoms with E-state index < -0.39 is 5.91 Å². The Balaban J connectivity index is 1.52. The van der Waals surface area contributed by atoms with Crippen molar-refractivity contribution in [2.75, 3.05) is 6.61 Å². The highest BCUT2D eigenvalue weighted by molar-refractivity contribution is 7.98. The summed E-state index contributed by atoms with van der Waals surface area (Å²) in [6.45, 7) is 6.60. The van der Waals surface area contributed by atoms with E-state index >= 15 is 0 Å². The molecule has 0 saturated heterocycles.